The molecule has 0 saturated carbocycles. The molecule has 15 heavy (non-hydrogen) atoms. The van der Waals surface area contributed by atoms with E-state index in [0.29, 0.717) is 11.4 Å². The van der Waals surface area contributed by atoms with Crippen molar-refractivity contribution in [1.82, 2.24) is 4.98 Å². The smallest absolute Gasteiger partial charge is 0.224 e. The lowest BCUT2D eigenvalue weighted by Crippen LogP contribution is -2.02. The Balaban J connectivity index is 2.45. The van der Waals surface area contributed by atoms with E-state index < -0.39 is 0 Å². The first kappa shape index (κ1) is 10.1. The average Bonchev–Trinajstić information content (AvgIpc) is 2.51. The Hall–Kier alpha value is -1.38. The number of methoxy groups -OCH3 is 1. The second-order valence-corrected chi connectivity index (χ2v) is 3.87. The number of aldehydes is 1. The number of aryl methyl sites for hydroxylation is 2. The number of hydrogen-bond donors (Lipinski definition) is 0. The molecule has 0 atom stereocenters. The van der Waals surface area contributed by atoms with Gasteiger partial charge in [-0.05, 0) is 37.3 Å². The number of fused-ring (bicyclic) bond motifs is 1. The molecular formula is C12H15NO2. The van der Waals surface area contributed by atoms with Crippen molar-refractivity contribution in [2.75, 3.05) is 7.11 Å². The van der Waals surface area contributed by atoms with Gasteiger partial charge in [-0.1, -0.05) is 6.42 Å². The summed E-state index contributed by atoms with van der Waals surface area (Å²) in [6, 6.07) is 1.93. The van der Waals surface area contributed by atoms with Crippen LogP contribution in [0.1, 0.15) is 40.9 Å². The van der Waals surface area contributed by atoms with Gasteiger partial charge in [0.2, 0.25) is 5.88 Å². The first-order chi connectivity index (χ1) is 7.35. The summed E-state index contributed by atoms with van der Waals surface area (Å²) in [6.45, 7) is 0. The molecule has 1 aliphatic carbocycles. The predicted molar refractivity (Wildman–Crippen MR) is 57.4 cm³/mol. The monoisotopic (exact) mass is 205 g/mol. The minimum atomic E-state index is 0.464. The van der Waals surface area contributed by atoms with Gasteiger partial charge in [-0.15, -0.1) is 0 Å². The van der Waals surface area contributed by atoms with Crippen LogP contribution < -0.4 is 4.74 Å². The Morgan fingerprint density at radius 1 is 1.33 bits per heavy atom. The molecule has 1 heterocycles. The Labute approximate surface area is 89.5 Å². The van der Waals surface area contributed by atoms with Gasteiger partial charge in [0.25, 0.3) is 0 Å². The quantitative estimate of drug-likeness (QED) is 0.548. The van der Waals surface area contributed by atoms with Gasteiger partial charge in [0, 0.05) is 5.69 Å². The van der Waals surface area contributed by atoms with Crippen molar-refractivity contribution in [1.29, 1.82) is 0 Å². The highest BCUT2D eigenvalue weighted by Gasteiger charge is 2.13. The van der Waals surface area contributed by atoms with Crippen molar-refractivity contribution in [3.05, 3.63) is 22.9 Å². The SMILES string of the molecule is COc1nc2c(cc1C=O)CCCCC2. The molecule has 0 N–H and O–H groups in total. The van der Waals surface area contributed by atoms with E-state index >= 15 is 0 Å². The first-order valence-corrected chi connectivity index (χ1v) is 5.37. The highest BCUT2D eigenvalue weighted by molar-refractivity contribution is 5.78. The van der Waals surface area contributed by atoms with Crippen molar-refractivity contribution < 1.29 is 9.53 Å². The molecule has 2 rings (SSSR count). The molecule has 0 unspecified atom stereocenters. The fraction of sp³-hybridized carbons (Fsp3) is 0.500. The lowest BCUT2D eigenvalue weighted by atomic mass is 10.1. The number of hydrogen-bond acceptors (Lipinski definition) is 3. The number of carbonyl (C=O) groups excluding carboxylic acids is 1. The number of ether oxygens (including phenoxy) is 1. The third-order valence-corrected chi connectivity index (χ3v) is 2.86. The first-order valence-electron chi connectivity index (χ1n) is 5.37. The van der Waals surface area contributed by atoms with Gasteiger partial charge >= 0.3 is 0 Å². The highest BCUT2D eigenvalue weighted by atomic mass is 16.5. The van der Waals surface area contributed by atoms with Crippen LogP contribution in [0.3, 0.4) is 0 Å². The minimum Gasteiger partial charge on any atom is -0.480 e. The van der Waals surface area contributed by atoms with E-state index in [1.165, 1.54) is 24.8 Å². The molecule has 1 aromatic rings. The van der Waals surface area contributed by atoms with Gasteiger partial charge < -0.3 is 4.74 Å². The number of pyridine rings is 1. The summed E-state index contributed by atoms with van der Waals surface area (Å²) < 4.78 is 5.10. The van der Waals surface area contributed by atoms with E-state index in [1.807, 2.05) is 6.07 Å². The van der Waals surface area contributed by atoms with Crippen LogP contribution in [0.5, 0.6) is 5.88 Å². The lowest BCUT2D eigenvalue weighted by Gasteiger charge is -2.09. The van der Waals surface area contributed by atoms with Gasteiger partial charge in [-0.2, -0.15) is 0 Å². The molecule has 0 fully saturated rings. The van der Waals surface area contributed by atoms with Crippen LogP contribution >= 0.6 is 0 Å². The van der Waals surface area contributed by atoms with Gasteiger partial charge in [0.1, 0.15) is 0 Å². The fourth-order valence-corrected chi connectivity index (χ4v) is 2.06. The summed E-state index contributed by atoms with van der Waals surface area (Å²) in [5.74, 6) is 0.464. The molecule has 0 spiro atoms. The van der Waals surface area contributed by atoms with Crippen molar-refractivity contribution in [3.63, 3.8) is 0 Å². The second-order valence-electron chi connectivity index (χ2n) is 3.87. The zero-order valence-corrected chi connectivity index (χ0v) is 8.95. The molecule has 0 radical (unpaired) electrons. The summed E-state index contributed by atoms with van der Waals surface area (Å²) >= 11 is 0. The standard InChI is InChI=1S/C12H15NO2/c1-15-12-10(8-14)7-9-5-3-2-4-6-11(9)13-12/h7-8H,2-6H2,1H3. The van der Waals surface area contributed by atoms with E-state index in [0.717, 1.165) is 24.8 Å². The molecule has 3 heteroatoms. The van der Waals surface area contributed by atoms with E-state index in [1.54, 1.807) is 7.11 Å². The van der Waals surface area contributed by atoms with Gasteiger partial charge in [-0.3, -0.25) is 4.79 Å². The zero-order valence-electron chi connectivity index (χ0n) is 8.95. The van der Waals surface area contributed by atoms with Crippen LogP contribution in [0.4, 0.5) is 0 Å². The summed E-state index contributed by atoms with van der Waals surface area (Å²) in [5, 5.41) is 0. The molecule has 0 saturated heterocycles. The maximum absolute atomic E-state index is 10.8. The number of carbonyl (C=O) groups is 1. The Morgan fingerprint density at radius 3 is 2.87 bits per heavy atom. The number of nitrogens with zero attached hydrogens (tertiary/aromatic N) is 1. The molecule has 0 amide bonds. The molecule has 80 valence electrons. The highest BCUT2D eigenvalue weighted by Crippen LogP contribution is 2.24. The van der Waals surface area contributed by atoms with Crippen molar-refractivity contribution in [3.8, 4) is 5.88 Å². The van der Waals surface area contributed by atoms with Crippen LogP contribution in [-0.2, 0) is 12.8 Å². The molecule has 1 aliphatic rings. The Bertz CT molecular complexity index is 374. The Kier molecular flexibility index (Phi) is 2.99. The van der Waals surface area contributed by atoms with Crippen LogP contribution in [0.25, 0.3) is 0 Å². The van der Waals surface area contributed by atoms with Crippen molar-refractivity contribution in [2.45, 2.75) is 32.1 Å². The van der Waals surface area contributed by atoms with E-state index in [9.17, 15) is 4.79 Å². The van der Waals surface area contributed by atoms with Crippen LogP contribution in [0, 0.1) is 0 Å². The zero-order chi connectivity index (χ0) is 10.7. The van der Waals surface area contributed by atoms with Gasteiger partial charge in [0.15, 0.2) is 6.29 Å². The average molecular weight is 205 g/mol. The molecule has 0 bridgehead atoms. The summed E-state index contributed by atoms with van der Waals surface area (Å²) in [5.41, 5.74) is 2.89. The van der Waals surface area contributed by atoms with E-state index in [2.05, 4.69) is 4.98 Å². The second kappa shape index (κ2) is 4.43. The molecule has 0 aliphatic heterocycles. The summed E-state index contributed by atoms with van der Waals surface area (Å²) in [6.07, 6.45) is 6.48. The van der Waals surface area contributed by atoms with Crippen LogP contribution in [0.15, 0.2) is 6.07 Å². The van der Waals surface area contributed by atoms with Gasteiger partial charge in [0.05, 0.1) is 12.7 Å². The van der Waals surface area contributed by atoms with Gasteiger partial charge in [-0.25, -0.2) is 4.98 Å². The maximum atomic E-state index is 10.8. The minimum absolute atomic E-state index is 0.464. The van der Waals surface area contributed by atoms with Crippen LogP contribution in [-0.4, -0.2) is 18.4 Å². The van der Waals surface area contributed by atoms with Crippen LogP contribution in [0.2, 0.25) is 0 Å². The maximum Gasteiger partial charge on any atom is 0.224 e. The third-order valence-electron chi connectivity index (χ3n) is 2.86. The molecule has 0 aromatic carbocycles. The summed E-state index contributed by atoms with van der Waals surface area (Å²) in [4.78, 5) is 15.2. The molecular weight excluding hydrogens is 190 g/mol. The normalized spacial score (nSPS) is 15.3. The molecule has 1 aromatic heterocycles. The third kappa shape index (κ3) is 2.01. The molecule has 3 nitrogen and oxygen atoms in total. The fourth-order valence-electron chi connectivity index (χ4n) is 2.06. The predicted octanol–water partition coefficient (Wildman–Crippen LogP) is 2.17. The summed E-state index contributed by atoms with van der Waals surface area (Å²) in [7, 11) is 1.55. The van der Waals surface area contributed by atoms with Crippen molar-refractivity contribution in [2.24, 2.45) is 0 Å². The van der Waals surface area contributed by atoms with Crippen molar-refractivity contribution >= 4 is 6.29 Å². The largest absolute Gasteiger partial charge is 0.480 e. The number of aromatic nitrogens is 1. The number of rotatable bonds is 2. The topological polar surface area (TPSA) is 39.2 Å². The lowest BCUT2D eigenvalue weighted by molar-refractivity contribution is 0.111. The van der Waals surface area contributed by atoms with E-state index in [-0.39, 0.29) is 0 Å². The Morgan fingerprint density at radius 2 is 2.13 bits per heavy atom. The van der Waals surface area contributed by atoms with E-state index in [4.69, 9.17) is 4.74 Å².